The van der Waals surface area contributed by atoms with Crippen LogP contribution in [-0.4, -0.2) is 30.9 Å². The molecule has 1 unspecified atom stereocenters. The lowest BCUT2D eigenvalue weighted by molar-refractivity contribution is -0.122. The highest BCUT2D eigenvalue weighted by Gasteiger charge is 2.14. The predicted octanol–water partition coefficient (Wildman–Crippen LogP) is 2.03. The number of carbonyl (C=O) groups excluding carboxylic acids is 1. The van der Waals surface area contributed by atoms with Gasteiger partial charge in [-0.2, -0.15) is 0 Å². The van der Waals surface area contributed by atoms with Gasteiger partial charge in [0.25, 0.3) is 0 Å². The standard InChI is InChI=1S/C15H25N3O/c1-11(2)9-17-15(19)10-18(4)12(3)13-6-5-7-14(16)8-13/h5-8,11-12H,9-10,16H2,1-4H3,(H,17,19). The Morgan fingerprint density at radius 3 is 2.63 bits per heavy atom. The van der Waals surface area contributed by atoms with Crippen molar-refractivity contribution in [3.63, 3.8) is 0 Å². The molecule has 0 saturated heterocycles. The fourth-order valence-corrected chi connectivity index (χ4v) is 1.81. The summed E-state index contributed by atoms with van der Waals surface area (Å²) in [5.41, 5.74) is 7.66. The smallest absolute Gasteiger partial charge is 0.234 e. The maximum absolute atomic E-state index is 11.8. The number of nitrogens with one attached hydrogen (secondary N) is 1. The molecule has 1 aromatic carbocycles. The quantitative estimate of drug-likeness (QED) is 0.772. The van der Waals surface area contributed by atoms with E-state index in [4.69, 9.17) is 5.73 Å². The van der Waals surface area contributed by atoms with E-state index in [1.54, 1.807) is 0 Å². The van der Waals surface area contributed by atoms with Crippen LogP contribution < -0.4 is 11.1 Å². The molecule has 0 bridgehead atoms. The third kappa shape index (κ3) is 5.30. The number of hydrogen-bond donors (Lipinski definition) is 2. The predicted molar refractivity (Wildman–Crippen MR) is 79.7 cm³/mol. The minimum atomic E-state index is 0.0620. The molecule has 0 spiro atoms. The Labute approximate surface area is 116 Å². The van der Waals surface area contributed by atoms with Crippen LogP contribution in [0.3, 0.4) is 0 Å². The van der Waals surface area contributed by atoms with E-state index in [1.807, 2.05) is 36.2 Å². The molecule has 0 saturated carbocycles. The van der Waals surface area contributed by atoms with Crippen molar-refractivity contribution in [3.05, 3.63) is 29.8 Å². The first-order valence-corrected chi connectivity index (χ1v) is 6.72. The lowest BCUT2D eigenvalue weighted by Gasteiger charge is -2.24. The summed E-state index contributed by atoms with van der Waals surface area (Å²) in [4.78, 5) is 13.8. The van der Waals surface area contributed by atoms with Crippen molar-refractivity contribution in [3.8, 4) is 0 Å². The maximum Gasteiger partial charge on any atom is 0.234 e. The molecule has 1 amide bonds. The van der Waals surface area contributed by atoms with Crippen molar-refractivity contribution in [1.29, 1.82) is 0 Å². The van der Waals surface area contributed by atoms with Crippen molar-refractivity contribution in [2.24, 2.45) is 5.92 Å². The highest BCUT2D eigenvalue weighted by atomic mass is 16.2. The number of nitrogens with zero attached hydrogens (tertiary/aromatic N) is 1. The molecule has 106 valence electrons. The van der Waals surface area contributed by atoms with Crippen LogP contribution in [0, 0.1) is 5.92 Å². The van der Waals surface area contributed by atoms with Crippen molar-refractivity contribution < 1.29 is 4.79 Å². The van der Waals surface area contributed by atoms with Crippen molar-refractivity contribution in [2.75, 3.05) is 25.9 Å². The summed E-state index contributed by atoms with van der Waals surface area (Å²) in [6.45, 7) is 7.35. The Morgan fingerprint density at radius 2 is 2.05 bits per heavy atom. The first-order valence-electron chi connectivity index (χ1n) is 6.72. The molecule has 0 aliphatic heterocycles. The van der Waals surface area contributed by atoms with E-state index in [0.29, 0.717) is 12.5 Å². The summed E-state index contributed by atoms with van der Waals surface area (Å²) >= 11 is 0. The van der Waals surface area contributed by atoms with Gasteiger partial charge < -0.3 is 11.1 Å². The largest absolute Gasteiger partial charge is 0.399 e. The number of anilines is 1. The van der Waals surface area contributed by atoms with Gasteiger partial charge in [0.2, 0.25) is 5.91 Å². The van der Waals surface area contributed by atoms with Crippen LogP contribution in [0.2, 0.25) is 0 Å². The zero-order chi connectivity index (χ0) is 14.4. The van der Waals surface area contributed by atoms with Gasteiger partial charge in [0, 0.05) is 18.3 Å². The number of hydrogen-bond acceptors (Lipinski definition) is 3. The first kappa shape index (κ1) is 15.5. The molecule has 0 aromatic heterocycles. The highest BCUT2D eigenvalue weighted by Crippen LogP contribution is 2.20. The number of benzene rings is 1. The Morgan fingerprint density at radius 1 is 1.37 bits per heavy atom. The monoisotopic (exact) mass is 263 g/mol. The second kappa shape index (κ2) is 7.14. The topological polar surface area (TPSA) is 58.4 Å². The van der Waals surface area contributed by atoms with Gasteiger partial charge in [-0.1, -0.05) is 26.0 Å². The Bertz CT molecular complexity index is 418. The van der Waals surface area contributed by atoms with Crippen molar-refractivity contribution >= 4 is 11.6 Å². The van der Waals surface area contributed by atoms with Gasteiger partial charge in [-0.15, -0.1) is 0 Å². The molecule has 3 N–H and O–H groups in total. The summed E-state index contributed by atoms with van der Waals surface area (Å²) in [6, 6.07) is 7.95. The molecule has 0 aliphatic rings. The molecule has 19 heavy (non-hydrogen) atoms. The fourth-order valence-electron chi connectivity index (χ4n) is 1.81. The third-order valence-electron chi connectivity index (χ3n) is 3.15. The number of nitrogens with two attached hydrogens (primary N) is 1. The summed E-state index contributed by atoms with van der Waals surface area (Å²) in [7, 11) is 1.95. The Kier molecular flexibility index (Phi) is 5.83. The normalized spacial score (nSPS) is 12.7. The summed E-state index contributed by atoms with van der Waals surface area (Å²) in [5.74, 6) is 0.535. The van der Waals surface area contributed by atoms with Gasteiger partial charge in [-0.25, -0.2) is 0 Å². The van der Waals surface area contributed by atoms with Crippen LogP contribution in [0.15, 0.2) is 24.3 Å². The Hall–Kier alpha value is -1.55. The van der Waals surface area contributed by atoms with E-state index in [0.717, 1.165) is 17.8 Å². The lowest BCUT2D eigenvalue weighted by Crippen LogP contribution is -2.37. The van der Waals surface area contributed by atoms with E-state index < -0.39 is 0 Å². The van der Waals surface area contributed by atoms with Crippen molar-refractivity contribution in [1.82, 2.24) is 10.2 Å². The molecule has 0 aliphatic carbocycles. The second-order valence-electron chi connectivity index (χ2n) is 5.46. The third-order valence-corrected chi connectivity index (χ3v) is 3.15. The number of amides is 1. The van der Waals surface area contributed by atoms with Gasteiger partial charge in [0.05, 0.1) is 6.54 Å². The van der Waals surface area contributed by atoms with E-state index in [1.165, 1.54) is 0 Å². The van der Waals surface area contributed by atoms with E-state index in [2.05, 4.69) is 26.1 Å². The average molecular weight is 263 g/mol. The van der Waals surface area contributed by atoms with Crippen LogP contribution in [0.25, 0.3) is 0 Å². The number of rotatable bonds is 6. The van der Waals surface area contributed by atoms with Crippen LogP contribution in [-0.2, 0) is 4.79 Å². The molecule has 1 aromatic rings. The van der Waals surface area contributed by atoms with Gasteiger partial charge >= 0.3 is 0 Å². The lowest BCUT2D eigenvalue weighted by atomic mass is 10.1. The molecular formula is C15H25N3O. The molecule has 1 atom stereocenters. The molecule has 4 heteroatoms. The van der Waals surface area contributed by atoms with Gasteiger partial charge in [-0.05, 0) is 37.6 Å². The van der Waals surface area contributed by atoms with E-state index in [-0.39, 0.29) is 11.9 Å². The van der Waals surface area contributed by atoms with Gasteiger partial charge in [0.1, 0.15) is 0 Å². The summed E-state index contributed by atoms with van der Waals surface area (Å²) in [6.07, 6.45) is 0. The van der Waals surface area contributed by atoms with E-state index >= 15 is 0 Å². The Balaban J connectivity index is 2.53. The SMILES string of the molecule is CC(C)CNC(=O)CN(C)C(C)c1cccc(N)c1. The number of nitrogen functional groups attached to an aromatic ring is 1. The number of likely N-dealkylation sites (N-methyl/N-ethyl adjacent to an activating group) is 1. The van der Waals surface area contributed by atoms with E-state index in [9.17, 15) is 4.79 Å². The van der Waals surface area contributed by atoms with Gasteiger partial charge in [-0.3, -0.25) is 9.69 Å². The first-order chi connectivity index (χ1) is 8.90. The minimum absolute atomic E-state index is 0.0620. The van der Waals surface area contributed by atoms with Crippen LogP contribution in [0.1, 0.15) is 32.4 Å². The summed E-state index contributed by atoms with van der Waals surface area (Å²) < 4.78 is 0. The molecule has 0 fully saturated rings. The van der Waals surface area contributed by atoms with Gasteiger partial charge in [0.15, 0.2) is 0 Å². The minimum Gasteiger partial charge on any atom is -0.399 e. The summed E-state index contributed by atoms with van der Waals surface area (Å²) in [5, 5.41) is 2.93. The maximum atomic E-state index is 11.8. The van der Waals surface area contributed by atoms with Crippen molar-refractivity contribution in [2.45, 2.75) is 26.8 Å². The fraction of sp³-hybridized carbons (Fsp3) is 0.533. The second-order valence-corrected chi connectivity index (χ2v) is 5.46. The average Bonchev–Trinajstić information content (AvgIpc) is 2.35. The molecule has 0 heterocycles. The zero-order valence-corrected chi connectivity index (χ0v) is 12.3. The number of carbonyl (C=O) groups is 1. The van der Waals surface area contributed by atoms with Crippen LogP contribution >= 0.6 is 0 Å². The van der Waals surface area contributed by atoms with Crippen LogP contribution in [0.5, 0.6) is 0 Å². The highest BCUT2D eigenvalue weighted by molar-refractivity contribution is 5.78. The molecule has 1 rings (SSSR count). The zero-order valence-electron chi connectivity index (χ0n) is 12.3. The molecule has 4 nitrogen and oxygen atoms in total. The molecular weight excluding hydrogens is 238 g/mol. The van der Waals surface area contributed by atoms with Crippen LogP contribution in [0.4, 0.5) is 5.69 Å². The molecule has 0 radical (unpaired) electrons.